The van der Waals surface area contributed by atoms with E-state index in [1.165, 1.54) is 25.3 Å². The SMILES string of the molecule is COc1cc(Cl)cc(/C=C2/NC(=O)N(Cc3ccc(Br)cc3)C2=O)c1O. The molecule has 0 aliphatic carbocycles. The van der Waals surface area contributed by atoms with Crippen LogP contribution in [0, 0.1) is 0 Å². The molecule has 0 spiro atoms. The lowest BCUT2D eigenvalue weighted by atomic mass is 10.1. The Kier molecular flexibility index (Phi) is 5.20. The Morgan fingerprint density at radius 3 is 2.62 bits per heavy atom. The molecular formula is C18H14BrClN2O4. The van der Waals surface area contributed by atoms with Crippen LogP contribution in [0.5, 0.6) is 11.5 Å². The van der Waals surface area contributed by atoms with Crippen LogP contribution in [0.15, 0.2) is 46.6 Å². The minimum Gasteiger partial charge on any atom is -0.504 e. The van der Waals surface area contributed by atoms with Crippen LogP contribution in [-0.2, 0) is 11.3 Å². The van der Waals surface area contributed by atoms with Crippen molar-refractivity contribution in [3.8, 4) is 11.5 Å². The minimum absolute atomic E-state index is 0.0479. The summed E-state index contributed by atoms with van der Waals surface area (Å²) in [5.41, 5.74) is 1.13. The number of aromatic hydroxyl groups is 1. The fourth-order valence-electron chi connectivity index (χ4n) is 2.50. The first-order valence-corrected chi connectivity index (χ1v) is 8.71. The van der Waals surface area contributed by atoms with Crippen LogP contribution in [0.1, 0.15) is 11.1 Å². The molecule has 6 nitrogen and oxygen atoms in total. The monoisotopic (exact) mass is 436 g/mol. The average molecular weight is 438 g/mol. The first kappa shape index (κ1) is 18.3. The number of rotatable bonds is 4. The molecule has 0 unspecified atom stereocenters. The number of carbonyl (C=O) groups excluding carboxylic acids is 2. The van der Waals surface area contributed by atoms with Gasteiger partial charge in [0.05, 0.1) is 13.7 Å². The number of urea groups is 1. The fraction of sp³-hybridized carbons (Fsp3) is 0.111. The second kappa shape index (κ2) is 7.39. The predicted molar refractivity (Wildman–Crippen MR) is 101 cm³/mol. The van der Waals surface area contributed by atoms with Crippen LogP contribution in [0.3, 0.4) is 0 Å². The summed E-state index contributed by atoms with van der Waals surface area (Å²) in [5, 5.41) is 13.0. The van der Waals surface area contributed by atoms with E-state index in [1.807, 2.05) is 24.3 Å². The van der Waals surface area contributed by atoms with Gasteiger partial charge in [0.15, 0.2) is 11.5 Å². The Balaban J connectivity index is 1.88. The molecule has 26 heavy (non-hydrogen) atoms. The van der Waals surface area contributed by atoms with Crippen molar-refractivity contribution in [3.05, 3.63) is 62.7 Å². The third-order valence-electron chi connectivity index (χ3n) is 3.81. The van der Waals surface area contributed by atoms with Gasteiger partial charge in [-0.3, -0.25) is 9.69 Å². The zero-order valence-electron chi connectivity index (χ0n) is 13.6. The van der Waals surface area contributed by atoms with E-state index in [1.54, 1.807) is 0 Å². The van der Waals surface area contributed by atoms with Gasteiger partial charge in [0, 0.05) is 21.1 Å². The number of amides is 3. The fourth-order valence-corrected chi connectivity index (χ4v) is 2.98. The minimum atomic E-state index is -0.530. The van der Waals surface area contributed by atoms with E-state index in [0.717, 1.165) is 14.9 Å². The van der Waals surface area contributed by atoms with Crippen LogP contribution < -0.4 is 10.1 Å². The highest BCUT2D eigenvalue weighted by molar-refractivity contribution is 9.10. The normalized spacial score (nSPS) is 15.5. The van der Waals surface area contributed by atoms with Crippen LogP contribution >= 0.6 is 27.5 Å². The number of methoxy groups -OCH3 is 1. The molecule has 0 saturated carbocycles. The number of nitrogens with zero attached hydrogens (tertiary/aromatic N) is 1. The first-order chi connectivity index (χ1) is 12.4. The molecule has 3 rings (SSSR count). The van der Waals surface area contributed by atoms with Crippen LogP contribution in [0.25, 0.3) is 6.08 Å². The maximum atomic E-state index is 12.6. The van der Waals surface area contributed by atoms with Gasteiger partial charge >= 0.3 is 6.03 Å². The van der Waals surface area contributed by atoms with Gasteiger partial charge in [-0.1, -0.05) is 39.7 Å². The van der Waals surface area contributed by atoms with E-state index in [2.05, 4.69) is 21.2 Å². The van der Waals surface area contributed by atoms with Crippen molar-refractivity contribution in [2.45, 2.75) is 6.54 Å². The molecular weight excluding hydrogens is 424 g/mol. The molecule has 3 amide bonds. The smallest absolute Gasteiger partial charge is 0.329 e. The predicted octanol–water partition coefficient (Wildman–Crippen LogP) is 3.91. The number of halogens is 2. The van der Waals surface area contributed by atoms with Gasteiger partial charge in [-0.15, -0.1) is 0 Å². The van der Waals surface area contributed by atoms with Gasteiger partial charge in [0.25, 0.3) is 5.91 Å². The van der Waals surface area contributed by atoms with E-state index in [9.17, 15) is 14.7 Å². The van der Waals surface area contributed by atoms with Gasteiger partial charge in [-0.25, -0.2) is 4.79 Å². The average Bonchev–Trinajstić information content (AvgIpc) is 2.87. The van der Waals surface area contributed by atoms with Gasteiger partial charge in [-0.2, -0.15) is 0 Å². The summed E-state index contributed by atoms with van der Waals surface area (Å²) in [6, 6.07) is 9.70. The zero-order valence-corrected chi connectivity index (χ0v) is 16.0. The molecule has 1 saturated heterocycles. The largest absolute Gasteiger partial charge is 0.504 e. The highest BCUT2D eigenvalue weighted by atomic mass is 79.9. The molecule has 2 N–H and O–H groups in total. The lowest BCUT2D eigenvalue weighted by Gasteiger charge is -2.11. The molecule has 8 heteroatoms. The highest BCUT2D eigenvalue weighted by Gasteiger charge is 2.33. The van der Waals surface area contributed by atoms with Crippen LogP contribution in [0.2, 0.25) is 5.02 Å². The summed E-state index contributed by atoms with van der Waals surface area (Å²) in [7, 11) is 1.39. The van der Waals surface area contributed by atoms with E-state index in [0.29, 0.717) is 5.02 Å². The molecule has 2 aromatic carbocycles. The third kappa shape index (κ3) is 3.68. The summed E-state index contributed by atoms with van der Waals surface area (Å²) in [6.45, 7) is 0.139. The summed E-state index contributed by atoms with van der Waals surface area (Å²) < 4.78 is 5.95. The molecule has 2 aromatic rings. The number of phenolic OH excluding ortho intramolecular Hbond substituents is 1. The topological polar surface area (TPSA) is 78.9 Å². The van der Waals surface area contributed by atoms with Crippen molar-refractivity contribution in [3.63, 3.8) is 0 Å². The van der Waals surface area contributed by atoms with Gasteiger partial charge in [0.1, 0.15) is 5.70 Å². The number of imide groups is 1. The van der Waals surface area contributed by atoms with Crippen molar-refractivity contribution in [2.24, 2.45) is 0 Å². The van der Waals surface area contributed by atoms with Crippen LogP contribution in [-0.4, -0.2) is 29.1 Å². The summed E-state index contributed by atoms with van der Waals surface area (Å²) >= 11 is 9.33. The number of hydrogen-bond donors (Lipinski definition) is 2. The molecule has 1 heterocycles. The number of benzene rings is 2. The Hall–Kier alpha value is -2.51. The van der Waals surface area contributed by atoms with E-state index >= 15 is 0 Å². The maximum absolute atomic E-state index is 12.6. The van der Waals surface area contributed by atoms with Crippen molar-refractivity contribution >= 4 is 45.5 Å². The Labute approximate surface area is 163 Å². The molecule has 1 fully saturated rings. The number of hydrogen-bond acceptors (Lipinski definition) is 4. The second-order valence-electron chi connectivity index (χ2n) is 5.55. The number of nitrogens with one attached hydrogen (secondary N) is 1. The second-order valence-corrected chi connectivity index (χ2v) is 6.90. The van der Waals surface area contributed by atoms with E-state index < -0.39 is 11.9 Å². The van der Waals surface area contributed by atoms with Gasteiger partial charge in [0.2, 0.25) is 0 Å². The third-order valence-corrected chi connectivity index (χ3v) is 4.55. The van der Waals surface area contributed by atoms with E-state index in [4.69, 9.17) is 16.3 Å². The standard InChI is InChI=1S/C18H14BrClN2O4/c1-26-15-8-13(20)6-11(16(15)23)7-14-17(24)22(18(25)21-14)9-10-2-4-12(19)5-3-10/h2-8,23H,9H2,1H3,(H,21,25)/b14-7+. The van der Waals surface area contributed by atoms with Crippen molar-refractivity contribution in [1.29, 1.82) is 0 Å². The summed E-state index contributed by atoms with van der Waals surface area (Å²) in [5.74, 6) is -0.484. The Morgan fingerprint density at radius 1 is 1.27 bits per heavy atom. The molecule has 1 aliphatic rings. The number of ether oxygens (including phenoxy) is 1. The molecule has 0 radical (unpaired) electrons. The Morgan fingerprint density at radius 2 is 1.96 bits per heavy atom. The van der Waals surface area contributed by atoms with Gasteiger partial charge in [-0.05, 0) is 29.8 Å². The van der Waals surface area contributed by atoms with Crippen LogP contribution in [0.4, 0.5) is 4.79 Å². The first-order valence-electron chi connectivity index (χ1n) is 7.54. The highest BCUT2D eigenvalue weighted by Crippen LogP contribution is 2.35. The molecule has 0 aromatic heterocycles. The van der Waals surface area contributed by atoms with Crippen molar-refractivity contribution < 1.29 is 19.4 Å². The van der Waals surface area contributed by atoms with Gasteiger partial charge < -0.3 is 15.2 Å². The summed E-state index contributed by atoms with van der Waals surface area (Å²) in [6.07, 6.45) is 1.37. The Bertz CT molecular complexity index is 912. The molecule has 0 atom stereocenters. The molecule has 1 aliphatic heterocycles. The number of carbonyl (C=O) groups is 2. The van der Waals surface area contributed by atoms with E-state index in [-0.39, 0.29) is 29.3 Å². The lowest BCUT2D eigenvalue weighted by molar-refractivity contribution is -0.123. The maximum Gasteiger partial charge on any atom is 0.329 e. The lowest BCUT2D eigenvalue weighted by Crippen LogP contribution is -2.30. The molecule has 134 valence electrons. The summed E-state index contributed by atoms with van der Waals surface area (Å²) in [4.78, 5) is 25.8. The van der Waals surface area contributed by atoms with Crippen molar-refractivity contribution in [1.82, 2.24) is 10.2 Å². The molecule has 0 bridgehead atoms. The number of phenols is 1. The zero-order chi connectivity index (χ0) is 18.8. The van der Waals surface area contributed by atoms with Crippen molar-refractivity contribution in [2.75, 3.05) is 7.11 Å². The quantitative estimate of drug-likeness (QED) is 0.561.